The van der Waals surface area contributed by atoms with Gasteiger partial charge in [-0.2, -0.15) is 0 Å². The molecule has 4 aromatic rings. The van der Waals surface area contributed by atoms with Crippen molar-refractivity contribution in [3.8, 4) is 11.7 Å². The summed E-state index contributed by atoms with van der Waals surface area (Å²) in [5.41, 5.74) is 1.51. The maximum atomic E-state index is 12.2. The van der Waals surface area contributed by atoms with Gasteiger partial charge in [0, 0.05) is 16.0 Å². The second kappa shape index (κ2) is 8.93. The number of carbonyl (C=O) groups excluding carboxylic acids is 1. The molecule has 29 heavy (non-hydrogen) atoms. The number of thiazole rings is 1. The Balaban J connectivity index is 1.30. The molecule has 0 saturated carbocycles. The van der Waals surface area contributed by atoms with Gasteiger partial charge >= 0.3 is 5.97 Å². The topological polar surface area (TPSA) is 91.2 Å². The van der Waals surface area contributed by atoms with E-state index in [1.54, 1.807) is 47.4 Å². The van der Waals surface area contributed by atoms with E-state index in [0.29, 0.717) is 16.0 Å². The van der Waals surface area contributed by atoms with E-state index in [2.05, 4.69) is 36.5 Å². The number of hydrogen-bond acceptors (Lipinski definition) is 9. The van der Waals surface area contributed by atoms with Crippen LogP contribution in [-0.2, 0) is 17.1 Å². The fraction of sp³-hybridized carbons (Fsp3) is 0.158. The van der Waals surface area contributed by atoms with Gasteiger partial charge in [0.15, 0.2) is 17.0 Å². The van der Waals surface area contributed by atoms with Crippen molar-refractivity contribution in [2.75, 3.05) is 0 Å². The quantitative estimate of drug-likeness (QED) is 0.247. The van der Waals surface area contributed by atoms with Crippen molar-refractivity contribution in [2.24, 2.45) is 0 Å². The van der Waals surface area contributed by atoms with Gasteiger partial charge in [-0.05, 0) is 59.3 Å². The molecule has 4 rings (SSSR count). The standard InChI is InChI=1S/C19H14BrN3O4S2/c1-11-21-13(9-28-11)10-29-14-4-2-12(3-5-14)19(24)25-8-17-22-23-18(27-17)15-6-7-16(20)26-15/h2-7,9H,8,10H2,1H3. The van der Waals surface area contributed by atoms with Crippen LogP contribution in [0.5, 0.6) is 0 Å². The molecule has 0 fully saturated rings. The summed E-state index contributed by atoms with van der Waals surface area (Å²) in [6.07, 6.45) is 0. The average molecular weight is 492 g/mol. The molecule has 148 valence electrons. The molecule has 7 nitrogen and oxygen atoms in total. The minimum atomic E-state index is -0.461. The van der Waals surface area contributed by atoms with Crippen LogP contribution < -0.4 is 0 Å². The highest BCUT2D eigenvalue weighted by Gasteiger charge is 2.14. The number of nitrogens with zero attached hydrogens (tertiary/aromatic N) is 3. The normalized spacial score (nSPS) is 11.0. The highest BCUT2D eigenvalue weighted by atomic mass is 79.9. The van der Waals surface area contributed by atoms with E-state index >= 15 is 0 Å². The van der Waals surface area contributed by atoms with Gasteiger partial charge in [-0.3, -0.25) is 0 Å². The molecule has 0 bridgehead atoms. The van der Waals surface area contributed by atoms with Gasteiger partial charge in [-0.15, -0.1) is 33.3 Å². The van der Waals surface area contributed by atoms with E-state index in [0.717, 1.165) is 21.3 Å². The minimum Gasteiger partial charge on any atom is -0.452 e. The van der Waals surface area contributed by atoms with Crippen LogP contribution in [0.3, 0.4) is 0 Å². The molecule has 0 radical (unpaired) electrons. The van der Waals surface area contributed by atoms with E-state index < -0.39 is 5.97 Å². The predicted octanol–water partition coefficient (Wildman–Crippen LogP) is 5.51. The molecule has 0 aliphatic heterocycles. The van der Waals surface area contributed by atoms with Crippen molar-refractivity contribution in [1.29, 1.82) is 0 Å². The van der Waals surface area contributed by atoms with Crippen LogP contribution in [0.15, 0.2) is 60.2 Å². The number of hydrogen-bond donors (Lipinski definition) is 0. The summed E-state index contributed by atoms with van der Waals surface area (Å²) in [5.74, 6) is 1.17. The SMILES string of the molecule is Cc1nc(CSc2ccc(C(=O)OCc3nnc(-c4ccc(Br)o4)o3)cc2)cs1. The number of thioether (sulfide) groups is 1. The molecule has 0 amide bonds. The molecule has 3 aromatic heterocycles. The number of benzene rings is 1. The van der Waals surface area contributed by atoms with Gasteiger partial charge in [0.2, 0.25) is 0 Å². The second-order valence-electron chi connectivity index (χ2n) is 5.85. The largest absolute Gasteiger partial charge is 0.452 e. The molecule has 0 saturated heterocycles. The summed E-state index contributed by atoms with van der Waals surface area (Å²) < 4.78 is 16.6. The van der Waals surface area contributed by atoms with Crippen LogP contribution in [0, 0.1) is 6.92 Å². The second-order valence-corrected chi connectivity index (χ2v) is 8.74. The Labute approximate surface area is 182 Å². The molecule has 0 aliphatic carbocycles. The van der Waals surface area contributed by atoms with E-state index in [1.807, 2.05) is 19.1 Å². The number of ether oxygens (including phenoxy) is 1. The molecule has 0 N–H and O–H groups in total. The number of halogens is 1. The molecular weight excluding hydrogens is 478 g/mol. The van der Waals surface area contributed by atoms with Crippen molar-refractivity contribution in [3.05, 3.63) is 68.6 Å². The lowest BCUT2D eigenvalue weighted by Crippen LogP contribution is -2.05. The van der Waals surface area contributed by atoms with Gasteiger partial charge < -0.3 is 13.6 Å². The molecule has 0 unspecified atom stereocenters. The van der Waals surface area contributed by atoms with Crippen LogP contribution in [0.4, 0.5) is 0 Å². The molecular formula is C19H14BrN3O4S2. The molecule has 1 aromatic carbocycles. The third kappa shape index (κ3) is 5.14. The third-order valence-electron chi connectivity index (χ3n) is 3.72. The lowest BCUT2D eigenvalue weighted by atomic mass is 10.2. The molecule has 0 spiro atoms. The van der Waals surface area contributed by atoms with Crippen molar-refractivity contribution in [1.82, 2.24) is 15.2 Å². The van der Waals surface area contributed by atoms with Crippen molar-refractivity contribution >= 4 is 45.0 Å². The average Bonchev–Trinajstić information content (AvgIpc) is 3.46. The van der Waals surface area contributed by atoms with E-state index in [4.69, 9.17) is 13.6 Å². The first-order chi connectivity index (χ1) is 14.1. The van der Waals surface area contributed by atoms with Gasteiger partial charge in [0.1, 0.15) is 0 Å². The number of furan rings is 1. The monoisotopic (exact) mass is 491 g/mol. The van der Waals surface area contributed by atoms with Gasteiger partial charge in [0.25, 0.3) is 11.8 Å². The molecule has 3 heterocycles. The zero-order chi connectivity index (χ0) is 20.2. The molecule has 0 aliphatic rings. The Morgan fingerprint density at radius 1 is 1.17 bits per heavy atom. The van der Waals surface area contributed by atoms with E-state index in [-0.39, 0.29) is 18.4 Å². The zero-order valence-corrected chi connectivity index (χ0v) is 18.3. The van der Waals surface area contributed by atoms with Crippen LogP contribution in [0.1, 0.15) is 27.0 Å². The number of carbonyl (C=O) groups is 1. The van der Waals surface area contributed by atoms with Gasteiger partial charge in [0.05, 0.1) is 16.3 Å². The fourth-order valence-corrected chi connectivity index (χ4v) is 4.19. The lowest BCUT2D eigenvalue weighted by Gasteiger charge is -2.04. The summed E-state index contributed by atoms with van der Waals surface area (Å²) in [7, 11) is 0. The first-order valence-corrected chi connectivity index (χ1v) is 11.1. The maximum absolute atomic E-state index is 12.2. The Kier molecular flexibility index (Phi) is 6.12. The van der Waals surface area contributed by atoms with E-state index in [1.165, 1.54) is 0 Å². The van der Waals surface area contributed by atoms with Crippen molar-refractivity contribution in [2.45, 2.75) is 24.2 Å². The first-order valence-electron chi connectivity index (χ1n) is 8.46. The minimum absolute atomic E-state index is 0.118. The first kappa shape index (κ1) is 19.9. The zero-order valence-electron chi connectivity index (χ0n) is 15.1. The van der Waals surface area contributed by atoms with Crippen molar-refractivity contribution < 1.29 is 18.4 Å². The Hall–Kier alpha value is -2.43. The summed E-state index contributed by atoms with van der Waals surface area (Å²) in [5, 5.41) is 10.9. The fourth-order valence-electron chi connectivity index (χ4n) is 2.37. The molecule has 10 heteroatoms. The third-order valence-corrected chi connectivity index (χ3v) is 6.02. The van der Waals surface area contributed by atoms with Crippen LogP contribution >= 0.6 is 39.0 Å². The Bertz CT molecular complexity index is 1120. The number of rotatable bonds is 7. The predicted molar refractivity (Wildman–Crippen MR) is 112 cm³/mol. The Morgan fingerprint density at radius 3 is 2.69 bits per heavy atom. The number of aromatic nitrogens is 3. The van der Waals surface area contributed by atoms with E-state index in [9.17, 15) is 4.79 Å². The number of esters is 1. The summed E-state index contributed by atoms with van der Waals surface area (Å²) in [6, 6.07) is 10.7. The summed E-state index contributed by atoms with van der Waals surface area (Å²) >= 11 is 6.52. The maximum Gasteiger partial charge on any atom is 0.338 e. The highest BCUT2D eigenvalue weighted by molar-refractivity contribution is 9.10. The summed E-state index contributed by atoms with van der Waals surface area (Å²) in [4.78, 5) is 17.7. The van der Waals surface area contributed by atoms with Gasteiger partial charge in [-0.25, -0.2) is 9.78 Å². The van der Waals surface area contributed by atoms with Crippen LogP contribution in [-0.4, -0.2) is 21.2 Å². The van der Waals surface area contributed by atoms with Crippen LogP contribution in [0.2, 0.25) is 0 Å². The molecule has 0 atom stereocenters. The van der Waals surface area contributed by atoms with Crippen molar-refractivity contribution in [3.63, 3.8) is 0 Å². The summed E-state index contributed by atoms with van der Waals surface area (Å²) in [6.45, 7) is 1.87. The lowest BCUT2D eigenvalue weighted by molar-refractivity contribution is 0.0438. The van der Waals surface area contributed by atoms with Crippen LogP contribution in [0.25, 0.3) is 11.7 Å². The number of aryl methyl sites for hydroxylation is 1. The highest BCUT2D eigenvalue weighted by Crippen LogP contribution is 2.25. The smallest absolute Gasteiger partial charge is 0.338 e. The van der Waals surface area contributed by atoms with Gasteiger partial charge in [-0.1, -0.05) is 0 Å². The Morgan fingerprint density at radius 2 is 2.00 bits per heavy atom.